The first-order valence-electron chi connectivity index (χ1n) is 7.62. The number of nitrogens with zero attached hydrogens (tertiary/aromatic N) is 1. The number of hydrogen-bond acceptors (Lipinski definition) is 4. The summed E-state index contributed by atoms with van der Waals surface area (Å²) in [7, 11) is 0. The van der Waals surface area contributed by atoms with Gasteiger partial charge in [-0.1, -0.05) is 12.1 Å². The molecule has 1 aliphatic rings. The number of halogens is 1. The average Bonchev–Trinajstić information content (AvgIpc) is 3.28. The van der Waals surface area contributed by atoms with Gasteiger partial charge >= 0.3 is 0 Å². The molecule has 4 nitrogen and oxygen atoms in total. The Bertz CT molecular complexity index is 714. The first-order chi connectivity index (χ1) is 11.0. The molecule has 2 aromatic rings. The topological polar surface area (TPSA) is 62.2 Å². The predicted octanol–water partition coefficient (Wildman–Crippen LogP) is 2.76. The molecule has 2 N–H and O–H groups in total. The van der Waals surface area contributed by atoms with Crippen molar-refractivity contribution in [2.24, 2.45) is 5.92 Å². The van der Waals surface area contributed by atoms with Crippen molar-refractivity contribution in [2.75, 3.05) is 6.61 Å². The van der Waals surface area contributed by atoms with Crippen molar-refractivity contribution in [1.29, 1.82) is 0 Å². The summed E-state index contributed by atoms with van der Waals surface area (Å²) in [5, 5.41) is 14.9. The van der Waals surface area contributed by atoms with Gasteiger partial charge in [-0.3, -0.25) is 4.79 Å². The Morgan fingerprint density at radius 2 is 2.30 bits per heavy atom. The smallest absolute Gasteiger partial charge is 0.271 e. The minimum atomic E-state index is -0.580. The number of hydrogen-bond donors (Lipinski definition) is 2. The van der Waals surface area contributed by atoms with Crippen LogP contribution in [0.25, 0.3) is 0 Å². The monoisotopic (exact) mass is 334 g/mol. The summed E-state index contributed by atoms with van der Waals surface area (Å²) < 4.78 is 13.2. The van der Waals surface area contributed by atoms with E-state index in [1.807, 2.05) is 13.0 Å². The Hall–Kier alpha value is -1.79. The van der Waals surface area contributed by atoms with Crippen LogP contribution < -0.4 is 5.32 Å². The van der Waals surface area contributed by atoms with Crippen molar-refractivity contribution in [3.8, 4) is 0 Å². The van der Waals surface area contributed by atoms with Gasteiger partial charge in [0.2, 0.25) is 0 Å². The number of benzene rings is 1. The van der Waals surface area contributed by atoms with Crippen molar-refractivity contribution in [1.82, 2.24) is 10.3 Å². The molecular formula is C17H19FN2O2S. The number of thiazole rings is 1. The molecule has 1 fully saturated rings. The van der Waals surface area contributed by atoms with Crippen molar-refractivity contribution in [3.05, 3.63) is 51.7 Å². The molecule has 1 aromatic heterocycles. The fourth-order valence-electron chi connectivity index (χ4n) is 2.63. The average molecular weight is 334 g/mol. The molecule has 1 unspecified atom stereocenters. The van der Waals surface area contributed by atoms with Crippen LogP contribution in [0.5, 0.6) is 0 Å². The van der Waals surface area contributed by atoms with Crippen LogP contribution in [0, 0.1) is 11.7 Å². The molecule has 0 bridgehead atoms. The number of aliphatic hydroxyl groups is 1. The van der Waals surface area contributed by atoms with E-state index in [0.717, 1.165) is 23.4 Å². The van der Waals surface area contributed by atoms with Crippen LogP contribution in [-0.2, 0) is 6.42 Å². The Morgan fingerprint density at radius 3 is 2.96 bits per heavy atom. The van der Waals surface area contributed by atoms with Crippen molar-refractivity contribution in [3.63, 3.8) is 0 Å². The highest BCUT2D eigenvalue weighted by molar-refractivity contribution is 7.09. The maximum Gasteiger partial charge on any atom is 0.271 e. The van der Waals surface area contributed by atoms with Crippen LogP contribution in [0.1, 0.15) is 40.8 Å². The molecule has 0 spiro atoms. The second-order valence-electron chi connectivity index (χ2n) is 6.24. The number of aromatic nitrogens is 1. The van der Waals surface area contributed by atoms with E-state index in [-0.39, 0.29) is 18.3 Å². The van der Waals surface area contributed by atoms with Gasteiger partial charge in [0.25, 0.3) is 5.91 Å². The normalized spacial score (nSPS) is 16.8. The van der Waals surface area contributed by atoms with Crippen molar-refractivity contribution in [2.45, 2.75) is 31.7 Å². The number of carbonyl (C=O) groups excluding carboxylic acids is 1. The summed E-state index contributed by atoms with van der Waals surface area (Å²) >= 11 is 1.38. The molecule has 1 saturated carbocycles. The molecule has 1 heterocycles. The lowest BCUT2D eigenvalue weighted by atomic mass is 9.97. The summed E-state index contributed by atoms with van der Waals surface area (Å²) in [6.45, 7) is 1.78. The van der Waals surface area contributed by atoms with Gasteiger partial charge in [0.1, 0.15) is 11.5 Å². The lowest BCUT2D eigenvalue weighted by Crippen LogP contribution is -2.50. The van der Waals surface area contributed by atoms with Crippen LogP contribution in [0.2, 0.25) is 0 Å². The summed E-state index contributed by atoms with van der Waals surface area (Å²) in [6.07, 6.45) is 2.55. The van der Waals surface area contributed by atoms with E-state index in [1.54, 1.807) is 11.4 Å². The van der Waals surface area contributed by atoms with Gasteiger partial charge in [-0.25, -0.2) is 9.37 Å². The molecule has 122 valence electrons. The molecule has 1 aliphatic carbocycles. The number of carbonyl (C=O) groups is 1. The molecule has 6 heteroatoms. The van der Waals surface area contributed by atoms with E-state index in [9.17, 15) is 14.3 Å². The first kappa shape index (κ1) is 16.1. The summed E-state index contributed by atoms with van der Waals surface area (Å²) in [6, 6.07) is 6.36. The van der Waals surface area contributed by atoms with E-state index in [2.05, 4.69) is 10.3 Å². The highest BCUT2D eigenvalue weighted by Gasteiger charge is 2.42. The van der Waals surface area contributed by atoms with Crippen molar-refractivity contribution >= 4 is 17.2 Å². The standard InChI is InChI=1S/C17H19FN2O2S/c1-17(10-21,12-5-6-12)20-16(22)14-9-23-15(19-14)8-11-3-2-4-13(18)7-11/h2-4,7,9,12,21H,5-6,8,10H2,1H3,(H,20,22). The van der Waals surface area contributed by atoms with Gasteiger partial charge in [0.05, 0.1) is 17.2 Å². The molecule has 0 radical (unpaired) electrons. The van der Waals surface area contributed by atoms with Crippen LogP contribution in [0.4, 0.5) is 4.39 Å². The third-order valence-corrected chi connectivity index (χ3v) is 5.08. The van der Waals surface area contributed by atoms with E-state index in [1.165, 1.54) is 23.5 Å². The number of rotatable bonds is 6. The maximum absolute atomic E-state index is 13.2. The SMILES string of the molecule is CC(CO)(NC(=O)c1csc(Cc2cccc(F)c2)n1)C1CC1. The first-order valence-corrected chi connectivity index (χ1v) is 8.50. The van der Waals surface area contributed by atoms with Gasteiger partial charge in [0, 0.05) is 11.8 Å². The zero-order valence-corrected chi connectivity index (χ0v) is 13.7. The molecular weight excluding hydrogens is 315 g/mol. The molecule has 23 heavy (non-hydrogen) atoms. The Morgan fingerprint density at radius 1 is 1.52 bits per heavy atom. The summed E-state index contributed by atoms with van der Waals surface area (Å²) in [5.74, 6) is -0.211. The van der Waals surface area contributed by atoms with Gasteiger partial charge in [-0.2, -0.15) is 0 Å². The largest absolute Gasteiger partial charge is 0.394 e. The molecule has 0 saturated heterocycles. The maximum atomic E-state index is 13.2. The molecule has 1 amide bonds. The fraction of sp³-hybridized carbons (Fsp3) is 0.412. The molecule has 0 aliphatic heterocycles. The van der Waals surface area contributed by atoms with Crippen LogP contribution in [0.15, 0.2) is 29.6 Å². The summed E-state index contributed by atoms with van der Waals surface area (Å²) in [4.78, 5) is 16.7. The van der Waals surface area contributed by atoms with E-state index < -0.39 is 5.54 Å². The Kier molecular flexibility index (Phi) is 4.46. The van der Waals surface area contributed by atoms with Crippen LogP contribution in [-0.4, -0.2) is 28.1 Å². The fourth-order valence-corrected chi connectivity index (χ4v) is 3.44. The Labute approximate surface area is 138 Å². The highest BCUT2D eigenvalue weighted by atomic mass is 32.1. The zero-order valence-electron chi connectivity index (χ0n) is 12.9. The number of nitrogens with one attached hydrogen (secondary N) is 1. The van der Waals surface area contributed by atoms with E-state index >= 15 is 0 Å². The van der Waals surface area contributed by atoms with Gasteiger partial charge in [-0.15, -0.1) is 11.3 Å². The highest BCUT2D eigenvalue weighted by Crippen LogP contribution is 2.39. The van der Waals surface area contributed by atoms with E-state index in [0.29, 0.717) is 18.0 Å². The van der Waals surface area contributed by atoms with Crippen molar-refractivity contribution < 1.29 is 14.3 Å². The molecule has 1 atom stereocenters. The third-order valence-electron chi connectivity index (χ3n) is 4.23. The minimum Gasteiger partial charge on any atom is -0.394 e. The lowest BCUT2D eigenvalue weighted by Gasteiger charge is -2.28. The van der Waals surface area contributed by atoms with Crippen LogP contribution >= 0.6 is 11.3 Å². The second kappa shape index (κ2) is 6.37. The lowest BCUT2D eigenvalue weighted by molar-refractivity contribution is 0.0820. The third kappa shape index (κ3) is 3.76. The van der Waals surface area contributed by atoms with Gasteiger partial charge < -0.3 is 10.4 Å². The molecule has 1 aromatic carbocycles. The molecule has 3 rings (SSSR count). The quantitative estimate of drug-likeness (QED) is 0.854. The number of aliphatic hydroxyl groups excluding tert-OH is 1. The number of amides is 1. The predicted molar refractivity (Wildman–Crippen MR) is 87.0 cm³/mol. The van der Waals surface area contributed by atoms with Gasteiger partial charge in [0.15, 0.2) is 0 Å². The van der Waals surface area contributed by atoms with Gasteiger partial charge in [-0.05, 0) is 43.4 Å². The zero-order chi connectivity index (χ0) is 16.4. The second-order valence-corrected chi connectivity index (χ2v) is 7.18. The van der Waals surface area contributed by atoms with E-state index in [4.69, 9.17) is 0 Å². The minimum absolute atomic E-state index is 0.0797. The Balaban J connectivity index is 1.67. The summed E-state index contributed by atoms with van der Waals surface area (Å²) in [5.41, 5.74) is 0.592. The van der Waals surface area contributed by atoms with Crippen LogP contribution in [0.3, 0.4) is 0 Å².